The molecule has 0 saturated carbocycles. The van der Waals surface area contributed by atoms with Gasteiger partial charge < -0.3 is 19.2 Å². The van der Waals surface area contributed by atoms with Gasteiger partial charge in [0.05, 0.1) is 0 Å². The van der Waals surface area contributed by atoms with Crippen LogP contribution >= 0.6 is 0 Å². The highest BCUT2D eigenvalue weighted by Crippen LogP contribution is 2.29. The molecule has 7 nitrogen and oxygen atoms in total. The Morgan fingerprint density at radius 2 is 1.82 bits per heavy atom. The predicted octanol–water partition coefficient (Wildman–Crippen LogP) is 3.49. The quantitative estimate of drug-likeness (QED) is 0.492. The van der Waals surface area contributed by atoms with Crippen molar-refractivity contribution in [2.24, 2.45) is 0 Å². The van der Waals surface area contributed by atoms with Gasteiger partial charge in [-0.25, -0.2) is 14.4 Å². The molecule has 1 aromatic carbocycles. The second-order valence-electron chi connectivity index (χ2n) is 8.00. The third kappa shape index (κ3) is 4.52. The predicted molar refractivity (Wildman–Crippen MR) is 104 cm³/mol. The Morgan fingerprint density at radius 1 is 1.14 bits per heavy atom. The molecule has 0 spiro atoms. The second-order valence-corrected chi connectivity index (χ2v) is 8.00. The first-order valence-electron chi connectivity index (χ1n) is 9.44. The van der Waals surface area contributed by atoms with Gasteiger partial charge in [0, 0.05) is 17.0 Å². The van der Waals surface area contributed by atoms with E-state index in [1.165, 1.54) is 13.0 Å². The molecule has 1 aliphatic rings. The number of benzene rings is 1. The van der Waals surface area contributed by atoms with E-state index in [2.05, 4.69) is 5.32 Å². The van der Waals surface area contributed by atoms with Gasteiger partial charge >= 0.3 is 17.7 Å². The smallest absolute Gasteiger partial charge is 0.408 e. The Balaban J connectivity index is 1.74. The molecular weight excluding hydrogens is 362 g/mol. The average molecular weight is 387 g/mol. The monoisotopic (exact) mass is 387 g/mol. The van der Waals surface area contributed by atoms with Gasteiger partial charge in [-0.2, -0.15) is 0 Å². The molecule has 0 saturated heterocycles. The third-order valence-electron chi connectivity index (χ3n) is 4.50. The molecule has 2 aromatic rings. The van der Waals surface area contributed by atoms with E-state index in [1.807, 2.05) is 0 Å². The number of carbonyl (C=O) groups is 2. The molecule has 1 atom stereocenters. The number of aryl methyl sites for hydroxylation is 1. The molecule has 1 unspecified atom stereocenters. The summed E-state index contributed by atoms with van der Waals surface area (Å²) in [6.07, 6.45) is 2.90. The molecule has 3 rings (SSSR count). The number of nitrogens with one attached hydrogen (secondary N) is 1. The van der Waals surface area contributed by atoms with Crippen LogP contribution in [0.15, 0.2) is 27.4 Å². The minimum atomic E-state index is -0.902. The number of fused-ring (bicyclic) bond motifs is 3. The van der Waals surface area contributed by atoms with E-state index in [9.17, 15) is 14.4 Å². The first-order valence-corrected chi connectivity index (χ1v) is 9.44. The van der Waals surface area contributed by atoms with Crippen molar-refractivity contribution in [1.29, 1.82) is 0 Å². The maximum Gasteiger partial charge on any atom is 0.408 e. The number of rotatable bonds is 3. The first kappa shape index (κ1) is 19.9. The number of hydrogen-bond donors (Lipinski definition) is 1. The summed E-state index contributed by atoms with van der Waals surface area (Å²) in [5, 5.41) is 3.30. The number of carbonyl (C=O) groups excluding carboxylic acids is 2. The molecule has 1 heterocycles. The third-order valence-corrected chi connectivity index (χ3v) is 4.50. The van der Waals surface area contributed by atoms with Gasteiger partial charge in [-0.15, -0.1) is 0 Å². The summed E-state index contributed by atoms with van der Waals surface area (Å²) in [4.78, 5) is 36.3. The number of ether oxygens (including phenoxy) is 2. The van der Waals surface area contributed by atoms with Crippen molar-refractivity contribution in [3.05, 3.63) is 39.7 Å². The fraction of sp³-hybridized carbons (Fsp3) is 0.476. The summed E-state index contributed by atoms with van der Waals surface area (Å²) in [6.45, 7) is 6.70. The van der Waals surface area contributed by atoms with Crippen molar-refractivity contribution >= 4 is 23.0 Å². The van der Waals surface area contributed by atoms with E-state index in [0.717, 1.165) is 42.2 Å². The Morgan fingerprint density at radius 3 is 2.50 bits per heavy atom. The maximum atomic E-state index is 12.3. The Labute approximate surface area is 163 Å². The fourth-order valence-electron chi connectivity index (χ4n) is 3.24. The van der Waals surface area contributed by atoms with Crippen LogP contribution in [0, 0.1) is 0 Å². The Bertz CT molecular complexity index is 969. The highest BCUT2D eigenvalue weighted by atomic mass is 16.6. The van der Waals surface area contributed by atoms with E-state index >= 15 is 0 Å². The average Bonchev–Trinajstić information content (AvgIpc) is 2.60. The number of hydrogen-bond acceptors (Lipinski definition) is 6. The van der Waals surface area contributed by atoms with Crippen LogP contribution in [0.25, 0.3) is 11.0 Å². The van der Waals surface area contributed by atoms with Gasteiger partial charge in [0.2, 0.25) is 0 Å². The van der Waals surface area contributed by atoms with Crippen LogP contribution in [0.2, 0.25) is 0 Å². The van der Waals surface area contributed by atoms with Gasteiger partial charge in [0.1, 0.15) is 23.0 Å². The Hall–Kier alpha value is -2.83. The van der Waals surface area contributed by atoms with Gasteiger partial charge in [0.15, 0.2) is 0 Å². The highest BCUT2D eigenvalue weighted by Gasteiger charge is 2.23. The van der Waals surface area contributed by atoms with Gasteiger partial charge in [0.25, 0.3) is 0 Å². The van der Waals surface area contributed by atoms with Crippen LogP contribution in [0.3, 0.4) is 0 Å². The van der Waals surface area contributed by atoms with Crippen LogP contribution in [0.4, 0.5) is 4.79 Å². The standard InChI is InChI=1S/C21H25NO6/c1-12(22-20(25)28-21(2,3)4)18(23)26-13-9-10-15-14-7-5-6-8-16(14)19(24)27-17(15)11-13/h9-12H,5-8H2,1-4H3,(H,22,25). The molecule has 0 fully saturated rings. The molecule has 7 heteroatoms. The van der Waals surface area contributed by atoms with Gasteiger partial charge in [-0.05, 0) is 71.1 Å². The summed E-state index contributed by atoms with van der Waals surface area (Å²) >= 11 is 0. The lowest BCUT2D eigenvalue weighted by atomic mass is 9.91. The molecule has 28 heavy (non-hydrogen) atoms. The molecule has 1 aromatic heterocycles. The molecule has 0 aliphatic heterocycles. The van der Waals surface area contributed by atoms with Crippen molar-refractivity contribution < 1.29 is 23.5 Å². The highest BCUT2D eigenvalue weighted by molar-refractivity contribution is 5.85. The maximum absolute atomic E-state index is 12.3. The van der Waals surface area contributed by atoms with Crippen LogP contribution in [0.1, 0.15) is 51.7 Å². The lowest BCUT2D eigenvalue weighted by Gasteiger charge is -2.21. The molecule has 1 aliphatic carbocycles. The first-order chi connectivity index (χ1) is 13.1. The van der Waals surface area contributed by atoms with Crippen molar-refractivity contribution in [3.63, 3.8) is 0 Å². The molecule has 0 bridgehead atoms. The largest absolute Gasteiger partial charge is 0.444 e. The van der Waals surface area contributed by atoms with E-state index in [1.54, 1.807) is 32.9 Å². The van der Waals surface area contributed by atoms with Crippen molar-refractivity contribution in [2.45, 2.75) is 65.0 Å². The van der Waals surface area contributed by atoms with Gasteiger partial charge in [-0.3, -0.25) is 0 Å². The lowest BCUT2D eigenvalue weighted by molar-refractivity contribution is -0.136. The van der Waals surface area contributed by atoms with Crippen LogP contribution < -0.4 is 15.7 Å². The van der Waals surface area contributed by atoms with Crippen LogP contribution in [-0.4, -0.2) is 23.7 Å². The number of alkyl carbamates (subject to hydrolysis) is 1. The zero-order valence-corrected chi connectivity index (χ0v) is 16.6. The number of esters is 1. The van der Waals surface area contributed by atoms with Gasteiger partial charge in [-0.1, -0.05) is 0 Å². The topological polar surface area (TPSA) is 94.8 Å². The van der Waals surface area contributed by atoms with Crippen molar-refractivity contribution in [2.75, 3.05) is 0 Å². The Kier molecular flexibility index (Phi) is 5.45. The lowest BCUT2D eigenvalue weighted by Crippen LogP contribution is -2.43. The van der Waals surface area contributed by atoms with E-state index in [0.29, 0.717) is 5.58 Å². The van der Waals surface area contributed by atoms with Crippen LogP contribution in [0.5, 0.6) is 5.75 Å². The van der Waals surface area contributed by atoms with Crippen molar-refractivity contribution in [3.8, 4) is 5.75 Å². The zero-order chi connectivity index (χ0) is 20.5. The summed E-state index contributed by atoms with van der Waals surface area (Å²) < 4.78 is 15.9. The molecule has 1 amide bonds. The van der Waals surface area contributed by atoms with Crippen molar-refractivity contribution in [1.82, 2.24) is 5.32 Å². The minimum Gasteiger partial charge on any atom is -0.444 e. The molecule has 0 radical (unpaired) electrons. The summed E-state index contributed by atoms with van der Waals surface area (Å²) in [7, 11) is 0. The fourth-order valence-corrected chi connectivity index (χ4v) is 3.24. The minimum absolute atomic E-state index is 0.245. The summed E-state index contributed by atoms with van der Waals surface area (Å²) in [6, 6.07) is 4.09. The van der Waals surface area contributed by atoms with E-state index in [-0.39, 0.29) is 11.4 Å². The normalized spacial score (nSPS) is 14.9. The molecule has 150 valence electrons. The SMILES string of the molecule is CC(NC(=O)OC(C)(C)C)C(=O)Oc1ccc2c3c(c(=O)oc2c1)CCCC3. The number of amides is 1. The van der Waals surface area contributed by atoms with E-state index < -0.39 is 23.7 Å². The summed E-state index contributed by atoms with van der Waals surface area (Å²) in [5.41, 5.74) is 1.17. The van der Waals surface area contributed by atoms with Crippen LogP contribution in [-0.2, 0) is 22.4 Å². The molecular formula is C21H25NO6. The molecule has 1 N–H and O–H groups in total. The zero-order valence-electron chi connectivity index (χ0n) is 16.6. The van der Waals surface area contributed by atoms with E-state index in [4.69, 9.17) is 13.9 Å². The summed E-state index contributed by atoms with van der Waals surface area (Å²) in [5.74, 6) is -0.403. The second kappa shape index (κ2) is 7.66.